The van der Waals surface area contributed by atoms with Crippen molar-refractivity contribution in [2.24, 2.45) is 0 Å². The summed E-state index contributed by atoms with van der Waals surface area (Å²) in [5, 5.41) is 8.86. The van der Waals surface area contributed by atoms with E-state index in [1.165, 1.54) is 18.3 Å². The Morgan fingerprint density at radius 2 is 1.85 bits per heavy atom. The lowest BCUT2D eigenvalue weighted by atomic mass is 10.2. The van der Waals surface area contributed by atoms with Crippen molar-refractivity contribution >= 4 is 33.8 Å². The number of carbonyl (C=O) groups is 1. The predicted molar refractivity (Wildman–Crippen MR) is 107 cm³/mol. The number of thiazole rings is 1. The Hall–Kier alpha value is -2.86. The summed E-state index contributed by atoms with van der Waals surface area (Å²) in [5.74, 6) is 0.760. The molecule has 0 atom stereocenters. The van der Waals surface area contributed by atoms with Crippen LogP contribution in [0.4, 0.5) is 16.5 Å². The minimum absolute atomic E-state index is 0.0939. The zero-order valence-corrected chi connectivity index (χ0v) is 15.8. The summed E-state index contributed by atoms with van der Waals surface area (Å²) in [6, 6.07) is 15.5. The molecule has 0 aliphatic heterocycles. The van der Waals surface area contributed by atoms with Crippen LogP contribution in [0, 0.1) is 0 Å². The molecule has 1 heterocycles. The maximum atomic E-state index is 11.2. The van der Waals surface area contributed by atoms with Crippen LogP contribution in [-0.2, 0) is 4.79 Å². The zero-order chi connectivity index (χ0) is 18.5. The van der Waals surface area contributed by atoms with E-state index in [9.17, 15) is 4.79 Å². The number of anilines is 3. The van der Waals surface area contributed by atoms with Crippen LogP contribution in [0.2, 0.25) is 0 Å². The summed E-state index contributed by atoms with van der Waals surface area (Å²) in [4.78, 5) is 15.8. The molecule has 134 valence electrons. The molecule has 2 aromatic carbocycles. The number of hydrogen-bond donors (Lipinski definition) is 2. The second-order valence-corrected chi connectivity index (χ2v) is 6.97. The minimum Gasteiger partial charge on any atom is -0.491 e. The maximum absolute atomic E-state index is 11.2. The average molecular weight is 367 g/mol. The molecule has 3 rings (SSSR count). The summed E-state index contributed by atoms with van der Waals surface area (Å²) in [7, 11) is 0. The Bertz CT molecular complexity index is 888. The first-order chi connectivity index (χ1) is 12.5. The Morgan fingerprint density at radius 3 is 2.54 bits per heavy atom. The monoisotopic (exact) mass is 367 g/mol. The molecule has 26 heavy (non-hydrogen) atoms. The normalized spacial score (nSPS) is 10.6. The highest BCUT2D eigenvalue weighted by Crippen LogP contribution is 2.29. The van der Waals surface area contributed by atoms with Gasteiger partial charge in [-0.2, -0.15) is 0 Å². The summed E-state index contributed by atoms with van der Waals surface area (Å²) >= 11 is 1.53. The molecule has 0 bridgehead atoms. The first-order valence-electron chi connectivity index (χ1n) is 8.37. The lowest BCUT2D eigenvalue weighted by Gasteiger charge is -2.09. The number of carbonyl (C=O) groups excluding carboxylic acids is 1. The fourth-order valence-electron chi connectivity index (χ4n) is 2.44. The molecular formula is C20H21N3O2S. The quantitative estimate of drug-likeness (QED) is 0.620. The molecule has 0 aliphatic carbocycles. The van der Waals surface area contributed by atoms with Crippen molar-refractivity contribution in [3.8, 4) is 17.0 Å². The standard InChI is InChI=1S/C20H21N3O2S/c1-13(2)25-18-9-7-15(8-10-18)19-12-26-20(23-19)22-17-6-4-5-16(11-17)21-14(3)24/h4-13H,1-3H3,(H,21,24)(H,22,23). The summed E-state index contributed by atoms with van der Waals surface area (Å²) in [6.07, 6.45) is 0.157. The third-order valence-electron chi connectivity index (χ3n) is 3.46. The van der Waals surface area contributed by atoms with Gasteiger partial charge >= 0.3 is 0 Å². The van der Waals surface area contributed by atoms with Crippen LogP contribution in [0.5, 0.6) is 5.75 Å². The largest absolute Gasteiger partial charge is 0.491 e. The molecule has 5 nitrogen and oxygen atoms in total. The SMILES string of the molecule is CC(=O)Nc1cccc(Nc2nc(-c3ccc(OC(C)C)cc3)cs2)c1. The molecule has 0 saturated heterocycles. The lowest BCUT2D eigenvalue weighted by Crippen LogP contribution is -2.05. The van der Waals surface area contributed by atoms with E-state index in [-0.39, 0.29) is 12.0 Å². The first-order valence-corrected chi connectivity index (χ1v) is 9.25. The lowest BCUT2D eigenvalue weighted by molar-refractivity contribution is -0.114. The number of hydrogen-bond acceptors (Lipinski definition) is 5. The zero-order valence-electron chi connectivity index (χ0n) is 14.9. The molecule has 1 aromatic heterocycles. The van der Waals surface area contributed by atoms with E-state index < -0.39 is 0 Å². The van der Waals surface area contributed by atoms with Gasteiger partial charge in [-0.05, 0) is 56.3 Å². The molecule has 6 heteroatoms. The van der Waals surface area contributed by atoms with E-state index in [1.807, 2.05) is 67.8 Å². The number of amides is 1. The van der Waals surface area contributed by atoms with Crippen LogP contribution >= 0.6 is 11.3 Å². The molecule has 0 saturated carbocycles. The smallest absolute Gasteiger partial charge is 0.221 e. The number of nitrogens with zero attached hydrogens (tertiary/aromatic N) is 1. The Labute approximate surface area is 157 Å². The third-order valence-corrected chi connectivity index (χ3v) is 4.22. The maximum Gasteiger partial charge on any atom is 0.221 e. The predicted octanol–water partition coefficient (Wildman–Crippen LogP) is 5.30. The molecule has 0 aliphatic rings. The van der Waals surface area contributed by atoms with Gasteiger partial charge < -0.3 is 15.4 Å². The Morgan fingerprint density at radius 1 is 1.12 bits per heavy atom. The molecule has 0 fully saturated rings. The van der Waals surface area contributed by atoms with E-state index in [0.717, 1.165) is 33.5 Å². The highest BCUT2D eigenvalue weighted by Gasteiger charge is 2.06. The molecule has 0 unspecified atom stereocenters. The second-order valence-electron chi connectivity index (χ2n) is 6.12. The van der Waals surface area contributed by atoms with Crippen LogP contribution < -0.4 is 15.4 Å². The fraction of sp³-hybridized carbons (Fsp3) is 0.200. The van der Waals surface area contributed by atoms with Gasteiger partial charge in [0.15, 0.2) is 5.13 Å². The number of nitrogens with one attached hydrogen (secondary N) is 2. The number of benzene rings is 2. The number of ether oxygens (including phenoxy) is 1. The van der Waals surface area contributed by atoms with Crippen LogP contribution in [0.3, 0.4) is 0 Å². The van der Waals surface area contributed by atoms with Gasteiger partial charge in [0, 0.05) is 29.2 Å². The molecule has 3 aromatic rings. The topological polar surface area (TPSA) is 63.2 Å². The highest BCUT2D eigenvalue weighted by molar-refractivity contribution is 7.14. The molecule has 1 amide bonds. The van der Waals surface area contributed by atoms with Crippen LogP contribution in [0.25, 0.3) is 11.3 Å². The first kappa shape index (κ1) is 17.9. The van der Waals surface area contributed by atoms with E-state index in [4.69, 9.17) is 4.74 Å². The molecule has 0 spiro atoms. The van der Waals surface area contributed by atoms with Crippen molar-refractivity contribution < 1.29 is 9.53 Å². The van der Waals surface area contributed by atoms with Crippen molar-refractivity contribution in [2.75, 3.05) is 10.6 Å². The van der Waals surface area contributed by atoms with E-state index in [2.05, 4.69) is 15.6 Å². The van der Waals surface area contributed by atoms with Gasteiger partial charge in [-0.3, -0.25) is 4.79 Å². The second kappa shape index (κ2) is 8.01. The van der Waals surface area contributed by atoms with Crippen molar-refractivity contribution in [3.05, 3.63) is 53.9 Å². The van der Waals surface area contributed by atoms with Gasteiger partial charge in [0.25, 0.3) is 0 Å². The summed E-state index contributed by atoms with van der Waals surface area (Å²) < 4.78 is 5.67. The number of rotatable bonds is 6. The van der Waals surface area contributed by atoms with Crippen LogP contribution in [-0.4, -0.2) is 17.0 Å². The summed E-state index contributed by atoms with van der Waals surface area (Å²) in [5.41, 5.74) is 3.57. The average Bonchev–Trinajstić information content (AvgIpc) is 3.03. The van der Waals surface area contributed by atoms with Gasteiger partial charge in [0.1, 0.15) is 5.75 Å². The van der Waals surface area contributed by atoms with Gasteiger partial charge in [-0.25, -0.2) is 4.98 Å². The third kappa shape index (κ3) is 4.83. The van der Waals surface area contributed by atoms with Gasteiger partial charge in [-0.1, -0.05) is 6.07 Å². The van der Waals surface area contributed by atoms with Crippen LogP contribution in [0.1, 0.15) is 20.8 Å². The van der Waals surface area contributed by atoms with Crippen LogP contribution in [0.15, 0.2) is 53.9 Å². The van der Waals surface area contributed by atoms with Crippen molar-refractivity contribution in [2.45, 2.75) is 26.9 Å². The highest BCUT2D eigenvalue weighted by atomic mass is 32.1. The molecular weight excluding hydrogens is 346 g/mol. The minimum atomic E-state index is -0.0939. The Kier molecular flexibility index (Phi) is 5.53. The van der Waals surface area contributed by atoms with E-state index in [0.29, 0.717) is 0 Å². The number of aromatic nitrogens is 1. The van der Waals surface area contributed by atoms with Gasteiger partial charge in [-0.15, -0.1) is 11.3 Å². The summed E-state index contributed by atoms with van der Waals surface area (Å²) in [6.45, 7) is 5.51. The molecule has 0 radical (unpaired) electrons. The van der Waals surface area contributed by atoms with E-state index >= 15 is 0 Å². The molecule has 2 N–H and O–H groups in total. The van der Waals surface area contributed by atoms with Crippen molar-refractivity contribution in [3.63, 3.8) is 0 Å². The Balaban J connectivity index is 1.71. The van der Waals surface area contributed by atoms with E-state index in [1.54, 1.807) is 0 Å². The van der Waals surface area contributed by atoms with Gasteiger partial charge in [0.2, 0.25) is 5.91 Å². The van der Waals surface area contributed by atoms with Crippen molar-refractivity contribution in [1.82, 2.24) is 4.98 Å². The fourth-order valence-corrected chi connectivity index (χ4v) is 3.18. The van der Waals surface area contributed by atoms with Crippen molar-refractivity contribution in [1.29, 1.82) is 0 Å². The van der Waals surface area contributed by atoms with Gasteiger partial charge in [0.05, 0.1) is 11.8 Å².